The maximum atomic E-state index is 8.55. The van der Waals surface area contributed by atoms with Crippen molar-refractivity contribution in [1.29, 1.82) is 0 Å². The molecule has 0 heterocycles. The van der Waals surface area contributed by atoms with Gasteiger partial charge in [0.05, 0.1) is 0 Å². The summed E-state index contributed by atoms with van der Waals surface area (Å²) in [6, 6.07) is 0. The van der Waals surface area contributed by atoms with Crippen LogP contribution < -0.4 is 14.7 Å². The summed E-state index contributed by atoms with van der Waals surface area (Å²) in [5.41, 5.74) is 0. The minimum absolute atomic E-state index is 3.19. The van der Waals surface area contributed by atoms with Gasteiger partial charge in [-0.25, -0.2) is 0 Å². The van der Waals surface area contributed by atoms with Crippen molar-refractivity contribution in [1.82, 2.24) is 0 Å². The van der Waals surface area contributed by atoms with Crippen LogP contribution >= 0.6 is 7.82 Å². The molecule has 0 rings (SSSR count). The third-order valence-electron chi connectivity index (χ3n) is 0. The average Bonchev–Trinajstić information content (AvgIpc) is 1.36. The molecule has 7 heavy (non-hydrogen) atoms. The second kappa shape index (κ2) is 4.74. The Labute approximate surface area is 48.4 Å². The molecule has 7 heteroatoms. The zero-order valence-electron chi connectivity index (χ0n) is 2.83. The number of hydrogen-bond acceptors (Lipinski definition) is 5. The summed E-state index contributed by atoms with van der Waals surface area (Å²) in [5.74, 6) is 0. The monoisotopic (exact) mass is 175 g/mol. The van der Waals surface area contributed by atoms with E-state index in [1.807, 2.05) is 0 Å². The van der Waals surface area contributed by atoms with Crippen LogP contribution in [-0.4, -0.2) is 4.19 Å². The van der Waals surface area contributed by atoms with Gasteiger partial charge in [-0.05, 0) is 0 Å². The van der Waals surface area contributed by atoms with Gasteiger partial charge in [-0.2, -0.15) is 7.82 Å². The van der Waals surface area contributed by atoms with Crippen LogP contribution in [0, 0.1) is 0 Å². The van der Waals surface area contributed by atoms with Gasteiger partial charge < -0.3 is 19.2 Å². The third-order valence-corrected chi connectivity index (χ3v) is 0. The van der Waals surface area contributed by atoms with Gasteiger partial charge in [-0.15, -0.1) is 0 Å². The second-order valence-electron chi connectivity index (χ2n) is 0.447. The summed E-state index contributed by atoms with van der Waals surface area (Å²) in [4.78, 5) is 25.6. The molecule has 0 aromatic carbocycles. The summed E-state index contributed by atoms with van der Waals surface area (Å²) in [6.45, 7) is 0. The number of hydrogen-bond donors (Lipinski definition) is 1. The van der Waals surface area contributed by atoms with E-state index in [1.54, 1.807) is 0 Å². The Hall–Kier alpha value is 0.589. The Morgan fingerprint density at radius 3 is 1.29 bits per heavy atom. The standard InChI is InChI=1S/Cu.H3O4P.H2O/c;1-5(2,3)4;/h;(H3,1,2,3,4);1H2/q+4;;/p-4. The van der Waals surface area contributed by atoms with Gasteiger partial charge in [-0.1, -0.05) is 0 Å². The molecule has 0 atom stereocenters. The van der Waals surface area contributed by atoms with Crippen molar-refractivity contribution in [3.8, 4) is 0 Å². The first-order chi connectivity index (χ1) is 3.00. The molecular formula is HCuO5P. The average molecular weight is 176 g/mol. The molecule has 0 aliphatic rings. The molecule has 0 saturated heterocycles. The first kappa shape index (κ1) is 10.5. The molecule has 0 aromatic heterocycles. The van der Waals surface area contributed by atoms with Crippen LogP contribution in [0.1, 0.15) is 0 Å². The Balaban J connectivity index is 0. The molecule has 0 saturated carbocycles. The summed E-state index contributed by atoms with van der Waals surface area (Å²) in [6.07, 6.45) is 0. The van der Waals surface area contributed by atoms with E-state index in [2.05, 4.69) is 16.3 Å². The molecule has 0 unspecified atom stereocenters. The molecule has 47 valence electrons. The fourth-order valence-electron chi connectivity index (χ4n) is 0. The number of rotatable bonds is 0. The van der Waals surface area contributed by atoms with E-state index in [9.17, 15) is 0 Å². The minimum atomic E-state index is -5.39. The van der Waals surface area contributed by atoms with Gasteiger partial charge in [-0.3, -0.25) is 0 Å². The zero-order chi connectivity index (χ0) is 6.50. The normalized spacial score (nSPS) is 9.29. The third kappa shape index (κ3) is 399. The fourth-order valence-corrected chi connectivity index (χ4v) is 0. The van der Waals surface area contributed by atoms with Gasteiger partial charge in [0.15, 0.2) is 0 Å². The van der Waals surface area contributed by atoms with Gasteiger partial charge in [0.1, 0.15) is 0 Å². The van der Waals surface area contributed by atoms with E-state index in [0.717, 1.165) is 0 Å². The van der Waals surface area contributed by atoms with Crippen LogP contribution in [0.15, 0.2) is 0 Å². The SMILES string of the molecule is O=P([O-])([O-])[O-].[OH][Cu+3]. The van der Waals surface area contributed by atoms with Crippen LogP contribution in [-0.2, 0) is 20.9 Å². The predicted octanol–water partition coefficient (Wildman–Crippen LogP) is -3.38. The zero-order valence-corrected chi connectivity index (χ0v) is 4.67. The van der Waals surface area contributed by atoms with E-state index in [4.69, 9.17) is 23.4 Å². The van der Waals surface area contributed by atoms with Crippen molar-refractivity contribution in [2.24, 2.45) is 0 Å². The van der Waals surface area contributed by atoms with Crippen LogP contribution in [0.4, 0.5) is 0 Å². The number of phosphoric acid groups is 1. The molecule has 0 aromatic rings. The van der Waals surface area contributed by atoms with Crippen molar-refractivity contribution >= 4 is 7.82 Å². The van der Waals surface area contributed by atoms with Crippen molar-refractivity contribution in [2.45, 2.75) is 0 Å². The van der Waals surface area contributed by atoms with E-state index >= 15 is 0 Å². The van der Waals surface area contributed by atoms with Crippen molar-refractivity contribution < 1.29 is 39.8 Å². The topological polar surface area (TPSA) is 106 Å². The first-order valence-corrected chi connectivity index (χ1v) is 2.75. The van der Waals surface area contributed by atoms with Gasteiger partial charge >= 0.3 is 20.5 Å². The molecule has 0 radical (unpaired) electrons. The van der Waals surface area contributed by atoms with Crippen LogP contribution in [0.2, 0.25) is 0 Å². The van der Waals surface area contributed by atoms with Crippen molar-refractivity contribution in [2.75, 3.05) is 0 Å². The summed E-state index contributed by atoms with van der Waals surface area (Å²) in [7, 11) is -5.39. The maximum absolute atomic E-state index is 8.55. The molecule has 0 aliphatic heterocycles. The van der Waals surface area contributed by atoms with E-state index < -0.39 is 7.82 Å². The van der Waals surface area contributed by atoms with Gasteiger partial charge in [0, 0.05) is 0 Å². The molecule has 0 aliphatic carbocycles. The summed E-state index contributed by atoms with van der Waals surface area (Å²) >= 11 is 3.19. The molecule has 0 fully saturated rings. The van der Waals surface area contributed by atoms with E-state index in [1.165, 1.54) is 0 Å². The molecule has 0 bridgehead atoms. The predicted molar refractivity (Wildman–Crippen MR) is 9.83 cm³/mol. The van der Waals surface area contributed by atoms with Crippen molar-refractivity contribution in [3.63, 3.8) is 0 Å². The molecule has 0 spiro atoms. The van der Waals surface area contributed by atoms with Gasteiger partial charge in [0.25, 0.3) is 0 Å². The van der Waals surface area contributed by atoms with Crippen molar-refractivity contribution in [3.05, 3.63) is 0 Å². The Bertz CT molecular complexity index is 54.2. The Morgan fingerprint density at radius 2 is 1.29 bits per heavy atom. The quantitative estimate of drug-likeness (QED) is 0.305. The molecular weight excluding hydrogens is 175 g/mol. The van der Waals surface area contributed by atoms with E-state index in [-0.39, 0.29) is 0 Å². The first-order valence-electron chi connectivity index (χ1n) is 0.865. The van der Waals surface area contributed by atoms with Crippen LogP contribution in [0.25, 0.3) is 0 Å². The molecule has 5 nitrogen and oxygen atoms in total. The summed E-state index contributed by atoms with van der Waals surface area (Å²) in [5, 5.41) is 0. The van der Waals surface area contributed by atoms with E-state index in [0.29, 0.717) is 0 Å². The fraction of sp³-hybridized carbons (Fsp3) is 0. The second-order valence-corrected chi connectivity index (χ2v) is 1.34. The molecule has 1 N–H and O–H groups in total. The van der Waals surface area contributed by atoms with Crippen LogP contribution in [0.3, 0.4) is 0 Å². The Morgan fingerprint density at radius 1 is 1.29 bits per heavy atom. The summed E-state index contributed by atoms with van der Waals surface area (Å²) < 4.78 is 15.1. The van der Waals surface area contributed by atoms with Crippen LogP contribution in [0.5, 0.6) is 0 Å². The Kier molecular flexibility index (Phi) is 7.14. The van der Waals surface area contributed by atoms with Gasteiger partial charge in [0.2, 0.25) is 0 Å². The molecule has 0 amide bonds.